The van der Waals surface area contributed by atoms with Gasteiger partial charge in [0.1, 0.15) is 0 Å². The molecule has 0 atom stereocenters. The molecule has 3 aromatic rings. The zero-order valence-corrected chi connectivity index (χ0v) is 14.2. The summed E-state index contributed by atoms with van der Waals surface area (Å²) in [7, 11) is 0. The van der Waals surface area contributed by atoms with Crippen molar-refractivity contribution in [1.29, 1.82) is 5.41 Å². The van der Waals surface area contributed by atoms with Gasteiger partial charge in [-0.3, -0.25) is 9.98 Å². The van der Waals surface area contributed by atoms with Crippen molar-refractivity contribution in [3.05, 3.63) is 68.8 Å². The molecule has 1 aromatic heterocycles. The molecule has 0 bridgehead atoms. The van der Waals surface area contributed by atoms with Gasteiger partial charge < -0.3 is 0 Å². The molecule has 0 saturated carbocycles. The van der Waals surface area contributed by atoms with Crippen LogP contribution in [-0.2, 0) is 0 Å². The van der Waals surface area contributed by atoms with Crippen LogP contribution in [0.1, 0.15) is 22.3 Å². The van der Waals surface area contributed by atoms with Gasteiger partial charge in [-0.15, -0.1) is 11.3 Å². The molecule has 0 aliphatic heterocycles. The molecule has 2 aromatic carbocycles. The van der Waals surface area contributed by atoms with E-state index in [1.165, 1.54) is 33.6 Å². The SMILES string of the molecule is Cc1ccc(-n2c(-c3ccc(C)c(C)c3)csc2=N)c(C)c1. The zero-order chi connectivity index (χ0) is 15.9. The largest absolute Gasteiger partial charge is 0.285 e. The lowest BCUT2D eigenvalue weighted by molar-refractivity contribution is 0.974. The summed E-state index contributed by atoms with van der Waals surface area (Å²) < 4.78 is 2.05. The molecule has 0 amide bonds. The molecule has 0 fully saturated rings. The average molecular weight is 308 g/mol. The van der Waals surface area contributed by atoms with Gasteiger partial charge in [0.15, 0.2) is 4.80 Å². The Kier molecular flexibility index (Phi) is 3.75. The van der Waals surface area contributed by atoms with Crippen LogP contribution in [0.25, 0.3) is 16.9 Å². The topological polar surface area (TPSA) is 28.8 Å². The lowest BCUT2D eigenvalue weighted by Crippen LogP contribution is -2.13. The minimum atomic E-state index is 0.556. The first-order valence-electron chi connectivity index (χ1n) is 7.38. The van der Waals surface area contributed by atoms with Gasteiger partial charge in [-0.1, -0.05) is 29.8 Å². The van der Waals surface area contributed by atoms with Gasteiger partial charge in [0, 0.05) is 5.38 Å². The molecular formula is C19H20N2S. The van der Waals surface area contributed by atoms with E-state index in [1.807, 2.05) is 4.57 Å². The van der Waals surface area contributed by atoms with Gasteiger partial charge in [0.25, 0.3) is 0 Å². The van der Waals surface area contributed by atoms with Crippen molar-refractivity contribution in [3.8, 4) is 16.9 Å². The summed E-state index contributed by atoms with van der Waals surface area (Å²) in [5.41, 5.74) is 8.36. The summed E-state index contributed by atoms with van der Waals surface area (Å²) in [5, 5.41) is 10.4. The Labute approximate surface area is 135 Å². The minimum absolute atomic E-state index is 0.556. The second kappa shape index (κ2) is 5.58. The molecule has 0 aliphatic carbocycles. The van der Waals surface area contributed by atoms with Crippen LogP contribution in [0.5, 0.6) is 0 Å². The van der Waals surface area contributed by atoms with Crippen LogP contribution < -0.4 is 4.80 Å². The number of nitrogens with zero attached hydrogens (tertiary/aromatic N) is 1. The van der Waals surface area contributed by atoms with E-state index in [9.17, 15) is 0 Å². The minimum Gasteiger partial charge on any atom is -0.285 e. The molecule has 3 rings (SSSR count). The third-order valence-electron chi connectivity index (χ3n) is 4.12. The van der Waals surface area contributed by atoms with Crippen molar-refractivity contribution >= 4 is 11.3 Å². The van der Waals surface area contributed by atoms with Crippen molar-refractivity contribution in [1.82, 2.24) is 4.57 Å². The van der Waals surface area contributed by atoms with E-state index in [2.05, 4.69) is 69.5 Å². The van der Waals surface area contributed by atoms with E-state index in [1.54, 1.807) is 0 Å². The first kappa shape index (κ1) is 14.8. The highest BCUT2D eigenvalue weighted by atomic mass is 32.1. The molecule has 0 spiro atoms. The van der Waals surface area contributed by atoms with Crippen molar-refractivity contribution in [2.45, 2.75) is 27.7 Å². The van der Waals surface area contributed by atoms with Crippen LogP contribution >= 0.6 is 11.3 Å². The summed E-state index contributed by atoms with van der Waals surface area (Å²) in [6.45, 7) is 8.46. The summed E-state index contributed by atoms with van der Waals surface area (Å²) in [6.07, 6.45) is 0. The van der Waals surface area contributed by atoms with Crippen LogP contribution in [-0.4, -0.2) is 4.57 Å². The average Bonchev–Trinajstić information content (AvgIpc) is 2.84. The predicted molar refractivity (Wildman–Crippen MR) is 93.9 cm³/mol. The summed E-state index contributed by atoms with van der Waals surface area (Å²) in [5.74, 6) is 0. The molecule has 1 heterocycles. The van der Waals surface area contributed by atoms with Gasteiger partial charge in [-0.05, 0) is 62.1 Å². The summed E-state index contributed by atoms with van der Waals surface area (Å²) in [6, 6.07) is 12.9. The van der Waals surface area contributed by atoms with E-state index >= 15 is 0 Å². The standard InChI is InChI=1S/C19H20N2S/c1-12-5-8-17(15(4)9-12)21-18(11-22-19(21)20)16-7-6-13(2)14(3)10-16/h5-11,20H,1-4H3. The van der Waals surface area contributed by atoms with E-state index in [4.69, 9.17) is 5.41 Å². The number of thiazole rings is 1. The maximum atomic E-state index is 8.31. The fraction of sp³-hybridized carbons (Fsp3) is 0.211. The normalized spacial score (nSPS) is 10.9. The van der Waals surface area contributed by atoms with E-state index in [0.717, 1.165) is 16.9 Å². The Morgan fingerprint density at radius 3 is 2.32 bits per heavy atom. The Bertz CT molecular complexity index is 900. The van der Waals surface area contributed by atoms with Crippen molar-refractivity contribution < 1.29 is 0 Å². The van der Waals surface area contributed by atoms with Crippen LogP contribution in [0.15, 0.2) is 41.8 Å². The van der Waals surface area contributed by atoms with Crippen molar-refractivity contribution in [3.63, 3.8) is 0 Å². The predicted octanol–water partition coefficient (Wildman–Crippen LogP) is 4.92. The molecule has 2 nitrogen and oxygen atoms in total. The Balaban J connectivity index is 2.23. The molecule has 0 unspecified atom stereocenters. The smallest absolute Gasteiger partial charge is 0.187 e. The first-order chi connectivity index (χ1) is 10.5. The molecule has 1 N–H and O–H groups in total. The van der Waals surface area contributed by atoms with Gasteiger partial charge in [-0.2, -0.15) is 0 Å². The second-order valence-electron chi connectivity index (χ2n) is 5.85. The number of hydrogen-bond acceptors (Lipinski definition) is 2. The van der Waals surface area contributed by atoms with Crippen LogP contribution in [0.3, 0.4) is 0 Å². The lowest BCUT2D eigenvalue weighted by Gasteiger charge is -2.13. The monoisotopic (exact) mass is 308 g/mol. The number of rotatable bonds is 2. The van der Waals surface area contributed by atoms with E-state index < -0.39 is 0 Å². The Morgan fingerprint density at radius 1 is 0.864 bits per heavy atom. The molecule has 0 aliphatic rings. The van der Waals surface area contributed by atoms with Crippen LogP contribution in [0.2, 0.25) is 0 Å². The number of nitrogens with one attached hydrogen (secondary N) is 1. The van der Waals surface area contributed by atoms with Crippen LogP contribution in [0.4, 0.5) is 0 Å². The molecule has 112 valence electrons. The highest BCUT2D eigenvalue weighted by molar-refractivity contribution is 7.07. The quantitative estimate of drug-likeness (QED) is 0.696. The van der Waals surface area contributed by atoms with E-state index in [-0.39, 0.29) is 0 Å². The van der Waals surface area contributed by atoms with Gasteiger partial charge in [0.05, 0.1) is 11.4 Å². The number of benzene rings is 2. The summed E-state index contributed by atoms with van der Waals surface area (Å²) in [4.78, 5) is 0.556. The van der Waals surface area contributed by atoms with E-state index in [0.29, 0.717) is 4.80 Å². The fourth-order valence-corrected chi connectivity index (χ4v) is 3.49. The number of hydrogen-bond donors (Lipinski definition) is 1. The zero-order valence-electron chi connectivity index (χ0n) is 13.4. The second-order valence-corrected chi connectivity index (χ2v) is 6.71. The fourth-order valence-electron chi connectivity index (χ4n) is 2.72. The molecule has 22 heavy (non-hydrogen) atoms. The third kappa shape index (κ3) is 2.53. The third-order valence-corrected chi connectivity index (χ3v) is 4.87. The highest BCUT2D eigenvalue weighted by Gasteiger charge is 2.11. The molecular weight excluding hydrogens is 288 g/mol. The first-order valence-corrected chi connectivity index (χ1v) is 8.26. The van der Waals surface area contributed by atoms with Gasteiger partial charge in [-0.25, -0.2) is 0 Å². The van der Waals surface area contributed by atoms with Crippen molar-refractivity contribution in [2.24, 2.45) is 0 Å². The lowest BCUT2D eigenvalue weighted by atomic mass is 10.0. The maximum absolute atomic E-state index is 8.31. The van der Waals surface area contributed by atoms with Gasteiger partial charge >= 0.3 is 0 Å². The van der Waals surface area contributed by atoms with Gasteiger partial charge in [0.2, 0.25) is 0 Å². The molecule has 3 heteroatoms. The maximum Gasteiger partial charge on any atom is 0.187 e. The van der Waals surface area contributed by atoms with Crippen molar-refractivity contribution in [2.75, 3.05) is 0 Å². The van der Waals surface area contributed by atoms with Crippen LogP contribution in [0, 0.1) is 33.1 Å². The number of aromatic nitrogens is 1. The Hall–Kier alpha value is -2.13. The molecule has 0 saturated heterocycles. The number of aryl methyl sites for hydroxylation is 4. The summed E-state index contributed by atoms with van der Waals surface area (Å²) >= 11 is 1.47. The highest BCUT2D eigenvalue weighted by Crippen LogP contribution is 2.26. The Morgan fingerprint density at radius 2 is 1.64 bits per heavy atom. The molecule has 0 radical (unpaired) electrons.